The minimum Gasteiger partial charge on any atom is -0.420 e. The molecule has 2 N–H and O–H groups in total. The number of rotatable bonds is 45. The largest absolute Gasteiger partial charge is 0.420 e. The number of carbonyl (C=O) groups is 3. The zero-order valence-electron chi connectivity index (χ0n) is 53.7. The fourth-order valence-corrected chi connectivity index (χ4v) is 12.6. The Morgan fingerprint density at radius 1 is 0.626 bits per heavy atom. The highest BCUT2D eigenvalue weighted by atomic mass is 19.1. The van der Waals surface area contributed by atoms with Crippen molar-refractivity contribution in [2.24, 2.45) is 5.92 Å². The molecule has 3 unspecified atom stereocenters. The van der Waals surface area contributed by atoms with Gasteiger partial charge < -0.3 is 67.6 Å². The molecule has 506 valence electrons. The first-order chi connectivity index (χ1) is 44.4. The first-order valence-electron chi connectivity index (χ1n) is 33.0. The number of esters is 1. The molecule has 8 rings (SSSR count). The zero-order valence-corrected chi connectivity index (χ0v) is 53.7. The maximum absolute atomic E-state index is 13.9. The van der Waals surface area contributed by atoms with Crippen molar-refractivity contribution in [2.45, 2.75) is 140 Å². The standard InChI is InChI=1S/C65H98F3N11O12/c1-48(2)64-73-71-49(3)79(64)60-46-55-14-15-59(60)78(55)21-16-58(50-9-5-4-6-10-50)70-65(82)51-12-13-53(43-51)69-61(80)17-20-76-24-22-75(23-25-76)19-8-7-11-54-47-77(74-72-54)26-28-84-30-32-86-34-36-88-38-40-90-42-41-89-39-37-87-35-33-85-31-29-83-27-18-62(81)91-63-56(67)44-52(66)45-57(63)68/h4-6,9-10,44-45,47-48,51,53,55,58-60H,7-8,11-43,46H2,1-3H3,(H,69,80)(H,70,82)/t51-,53+,55?,58+,59?,60?/m1/s1. The average Bonchev–Trinajstić information content (AvgIpc) is 1.62. The van der Waals surface area contributed by atoms with Gasteiger partial charge in [0.25, 0.3) is 0 Å². The summed E-state index contributed by atoms with van der Waals surface area (Å²) in [5, 5.41) is 24.4. The van der Waals surface area contributed by atoms with Gasteiger partial charge in [-0.25, -0.2) is 17.9 Å². The van der Waals surface area contributed by atoms with E-state index in [2.05, 4.69) is 100 Å². The van der Waals surface area contributed by atoms with Gasteiger partial charge in [-0.15, -0.1) is 15.3 Å². The van der Waals surface area contributed by atoms with E-state index in [1.807, 2.05) is 16.9 Å². The Bertz CT molecular complexity index is 2740. The monoisotopic (exact) mass is 1280 g/mol. The van der Waals surface area contributed by atoms with Crippen LogP contribution in [0.25, 0.3) is 0 Å². The van der Waals surface area contributed by atoms with Crippen LogP contribution in [0, 0.1) is 30.3 Å². The number of aryl methyl sites for hydroxylation is 2. The number of nitrogens with one attached hydrogen (secondary N) is 2. The van der Waals surface area contributed by atoms with Crippen LogP contribution in [-0.2, 0) is 65.2 Å². The van der Waals surface area contributed by atoms with E-state index < -0.39 is 29.2 Å². The van der Waals surface area contributed by atoms with Gasteiger partial charge in [-0.2, -0.15) is 0 Å². The molecule has 23 nitrogen and oxygen atoms in total. The molecule has 6 atom stereocenters. The second kappa shape index (κ2) is 39.2. The van der Waals surface area contributed by atoms with Crippen LogP contribution in [-0.4, -0.2) is 232 Å². The Hall–Kier alpha value is -5.52. The maximum atomic E-state index is 13.9. The van der Waals surface area contributed by atoms with Crippen LogP contribution in [0.1, 0.15) is 125 Å². The molecule has 2 aromatic heterocycles. The van der Waals surface area contributed by atoms with Crippen molar-refractivity contribution in [1.82, 2.24) is 55.1 Å². The second-order valence-corrected chi connectivity index (χ2v) is 24.2. The van der Waals surface area contributed by atoms with Gasteiger partial charge in [0.1, 0.15) is 17.5 Å². The van der Waals surface area contributed by atoms with Crippen molar-refractivity contribution in [3.8, 4) is 5.75 Å². The molecule has 2 aromatic carbocycles. The van der Waals surface area contributed by atoms with Gasteiger partial charge in [0.05, 0.1) is 136 Å². The summed E-state index contributed by atoms with van der Waals surface area (Å²) < 4.78 is 93.0. The highest BCUT2D eigenvalue weighted by Crippen LogP contribution is 2.46. The van der Waals surface area contributed by atoms with Crippen LogP contribution in [0.3, 0.4) is 0 Å². The van der Waals surface area contributed by atoms with Crippen LogP contribution in [0.2, 0.25) is 0 Å². The lowest BCUT2D eigenvalue weighted by molar-refractivity contribution is -0.136. The number of hydrogen-bond donors (Lipinski definition) is 2. The summed E-state index contributed by atoms with van der Waals surface area (Å²) in [5.74, 6) is -3.11. The number of halogens is 3. The number of aromatic nitrogens is 6. The Labute approximate surface area is 533 Å². The SMILES string of the molecule is Cc1nnc(C(C)C)n1C1CC2CCC1N2CC[C@H](NC(=O)[C@@H]1CC[C@H](NC(=O)CCN2CCN(CCCCc3cn(CCOCCOCCOCCOCCOCCOCCOCCOCCC(=O)Oc4c(F)cc(F)cc4F)nn3)CC2)C1)c1ccccc1. The Balaban J connectivity index is 0.550. The van der Waals surface area contributed by atoms with E-state index in [0.717, 1.165) is 114 Å². The maximum Gasteiger partial charge on any atom is 0.313 e. The molecule has 5 heterocycles. The molecule has 4 aliphatic rings. The molecule has 3 saturated heterocycles. The van der Waals surface area contributed by atoms with Gasteiger partial charge in [-0.1, -0.05) is 49.4 Å². The summed E-state index contributed by atoms with van der Waals surface area (Å²) in [6.45, 7) is 19.7. The predicted molar refractivity (Wildman–Crippen MR) is 331 cm³/mol. The number of hydrogen-bond acceptors (Lipinski definition) is 19. The topological polar surface area (TPSA) is 229 Å². The third-order valence-corrected chi connectivity index (χ3v) is 17.3. The summed E-state index contributed by atoms with van der Waals surface area (Å²) in [6, 6.07) is 12.6. The number of benzene rings is 2. The van der Waals surface area contributed by atoms with E-state index >= 15 is 0 Å². The third-order valence-electron chi connectivity index (χ3n) is 17.3. The zero-order chi connectivity index (χ0) is 64.0. The molecule has 26 heteroatoms. The van der Waals surface area contributed by atoms with Crippen LogP contribution >= 0.6 is 0 Å². The van der Waals surface area contributed by atoms with Crippen molar-refractivity contribution in [3.05, 3.63) is 89.0 Å². The molecule has 4 aromatic rings. The summed E-state index contributed by atoms with van der Waals surface area (Å²) in [6.07, 6.45) is 11.9. The second-order valence-electron chi connectivity index (χ2n) is 24.2. The number of carbonyl (C=O) groups excluding carboxylic acids is 3. The van der Waals surface area contributed by atoms with Gasteiger partial charge in [0.15, 0.2) is 11.6 Å². The summed E-state index contributed by atoms with van der Waals surface area (Å²) in [4.78, 5) is 46.5. The number of amides is 2. The summed E-state index contributed by atoms with van der Waals surface area (Å²) >= 11 is 0. The molecular weight excluding hydrogens is 1180 g/mol. The van der Waals surface area contributed by atoms with Crippen molar-refractivity contribution in [1.29, 1.82) is 0 Å². The Morgan fingerprint density at radius 3 is 1.84 bits per heavy atom. The number of piperazine rings is 1. The van der Waals surface area contributed by atoms with E-state index in [1.165, 1.54) is 12.8 Å². The molecule has 0 spiro atoms. The number of nitrogens with zero attached hydrogens (tertiary/aromatic N) is 9. The molecule has 1 saturated carbocycles. The Morgan fingerprint density at radius 2 is 1.22 bits per heavy atom. The fraction of sp³-hybridized carbons (Fsp3) is 0.708. The van der Waals surface area contributed by atoms with Crippen molar-refractivity contribution in [3.63, 3.8) is 0 Å². The van der Waals surface area contributed by atoms with Crippen molar-refractivity contribution >= 4 is 17.8 Å². The summed E-state index contributed by atoms with van der Waals surface area (Å²) in [7, 11) is 0. The molecular formula is C65H98F3N11O12. The molecule has 2 bridgehead atoms. The van der Waals surface area contributed by atoms with Gasteiger partial charge in [-0.3, -0.25) is 19.3 Å². The summed E-state index contributed by atoms with van der Waals surface area (Å²) in [5.41, 5.74) is 2.13. The lowest BCUT2D eigenvalue weighted by Gasteiger charge is -2.34. The predicted octanol–water partition coefficient (Wildman–Crippen LogP) is 6.19. The highest BCUT2D eigenvalue weighted by Gasteiger charge is 2.48. The van der Waals surface area contributed by atoms with E-state index in [-0.39, 0.29) is 56.1 Å². The van der Waals surface area contributed by atoms with Crippen LogP contribution in [0.5, 0.6) is 5.75 Å². The van der Waals surface area contributed by atoms with Crippen LogP contribution in [0.4, 0.5) is 13.2 Å². The van der Waals surface area contributed by atoms with Crippen molar-refractivity contribution in [2.75, 3.05) is 152 Å². The quantitative estimate of drug-likeness (QED) is 0.0286. The van der Waals surface area contributed by atoms with E-state index in [1.54, 1.807) is 0 Å². The molecule has 3 aliphatic heterocycles. The van der Waals surface area contributed by atoms with E-state index in [9.17, 15) is 27.6 Å². The van der Waals surface area contributed by atoms with Crippen LogP contribution in [0.15, 0.2) is 48.7 Å². The molecule has 1 aliphatic carbocycles. The van der Waals surface area contributed by atoms with Crippen molar-refractivity contribution < 1.29 is 70.2 Å². The van der Waals surface area contributed by atoms with Gasteiger partial charge in [0.2, 0.25) is 17.6 Å². The average molecular weight is 1280 g/mol. The smallest absolute Gasteiger partial charge is 0.313 e. The molecule has 2 amide bonds. The van der Waals surface area contributed by atoms with Gasteiger partial charge >= 0.3 is 5.97 Å². The van der Waals surface area contributed by atoms with Gasteiger partial charge in [-0.05, 0) is 83.2 Å². The Kier molecular flexibility index (Phi) is 30.8. The van der Waals surface area contributed by atoms with Crippen LogP contribution < -0.4 is 15.4 Å². The van der Waals surface area contributed by atoms with E-state index in [0.29, 0.717) is 141 Å². The highest BCUT2D eigenvalue weighted by molar-refractivity contribution is 5.80. The first-order valence-corrected chi connectivity index (χ1v) is 33.0. The first kappa shape index (κ1) is 71.3. The van der Waals surface area contributed by atoms with Gasteiger partial charge in [0, 0.05) is 94.0 Å². The fourth-order valence-electron chi connectivity index (χ4n) is 12.6. The number of fused-ring (bicyclic) bond motifs is 2. The third kappa shape index (κ3) is 24.1. The number of unbranched alkanes of at least 4 members (excludes halogenated alkanes) is 1. The normalized spacial score (nSPS) is 19.9. The molecule has 0 radical (unpaired) electrons. The number of ether oxygens (including phenoxy) is 9. The molecule has 4 fully saturated rings. The minimum absolute atomic E-state index is 0.0258. The lowest BCUT2D eigenvalue weighted by atomic mass is 9.94. The minimum atomic E-state index is -1.30. The lowest BCUT2D eigenvalue weighted by Crippen LogP contribution is -2.47. The van der Waals surface area contributed by atoms with E-state index in [4.69, 9.17) is 37.9 Å². The molecule has 91 heavy (non-hydrogen) atoms.